The van der Waals surface area contributed by atoms with E-state index in [9.17, 15) is 4.79 Å². The molecule has 1 amide bonds. The van der Waals surface area contributed by atoms with E-state index >= 15 is 0 Å². The predicted molar refractivity (Wildman–Crippen MR) is 61.2 cm³/mol. The molecule has 1 aromatic rings. The first-order valence-electron chi connectivity index (χ1n) is 5.69. The summed E-state index contributed by atoms with van der Waals surface area (Å²) in [4.78, 5) is 12.0. The number of ether oxygens (including phenoxy) is 1. The fourth-order valence-electron chi connectivity index (χ4n) is 1.54. The highest BCUT2D eigenvalue weighted by Crippen LogP contribution is 2.19. The Kier molecular flexibility index (Phi) is 5.55. The number of rotatable bonds is 7. The lowest BCUT2D eigenvalue weighted by atomic mass is 9.98. The van der Waals surface area contributed by atoms with Crippen LogP contribution in [0.15, 0.2) is 6.33 Å². The van der Waals surface area contributed by atoms with Crippen LogP contribution in [-0.2, 0) is 9.53 Å². The van der Waals surface area contributed by atoms with Crippen molar-refractivity contribution >= 4 is 5.91 Å². The van der Waals surface area contributed by atoms with Crippen LogP contribution in [-0.4, -0.2) is 46.4 Å². The monoisotopic (exact) mass is 241 g/mol. The van der Waals surface area contributed by atoms with Crippen LogP contribution in [0.2, 0.25) is 0 Å². The van der Waals surface area contributed by atoms with E-state index in [4.69, 9.17) is 4.74 Å². The van der Waals surface area contributed by atoms with Crippen molar-refractivity contribution in [1.82, 2.24) is 25.5 Å². The van der Waals surface area contributed by atoms with Gasteiger partial charge in [0.1, 0.15) is 12.4 Å². The number of tetrazole rings is 1. The van der Waals surface area contributed by atoms with Gasteiger partial charge in [-0.3, -0.25) is 4.79 Å². The SMILES string of the molecule is CC[C@H](C)[C@@H](C(=O)NCCOC)n1cnnn1. The molecule has 0 aliphatic rings. The first kappa shape index (κ1) is 13.6. The summed E-state index contributed by atoms with van der Waals surface area (Å²) in [6.45, 7) is 5.02. The molecule has 0 saturated heterocycles. The van der Waals surface area contributed by atoms with E-state index in [2.05, 4.69) is 20.8 Å². The quantitative estimate of drug-likeness (QED) is 0.681. The molecule has 2 atom stereocenters. The molecule has 1 heterocycles. The summed E-state index contributed by atoms with van der Waals surface area (Å²) in [5, 5.41) is 13.7. The van der Waals surface area contributed by atoms with Crippen molar-refractivity contribution in [2.45, 2.75) is 26.3 Å². The lowest BCUT2D eigenvalue weighted by molar-refractivity contribution is -0.126. The number of carbonyl (C=O) groups is 1. The fraction of sp³-hybridized carbons (Fsp3) is 0.800. The minimum absolute atomic E-state index is 0.0799. The van der Waals surface area contributed by atoms with Gasteiger partial charge in [0.15, 0.2) is 0 Å². The number of methoxy groups -OCH3 is 1. The van der Waals surface area contributed by atoms with E-state index in [0.717, 1.165) is 6.42 Å². The third-order valence-corrected chi connectivity index (χ3v) is 2.71. The van der Waals surface area contributed by atoms with Crippen molar-refractivity contribution in [3.63, 3.8) is 0 Å². The molecular formula is C10H19N5O2. The number of hydrogen-bond donors (Lipinski definition) is 1. The molecule has 1 aromatic heterocycles. The smallest absolute Gasteiger partial charge is 0.245 e. The highest BCUT2D eigenvalue weighted by atomic mass is 16.5. The van der Waals surface area contributed by atoms with Gasteiger partial charge in [0.05, 0.1) is 6.61 Å². The lowest BCUT2D eigenvalue weighted by Gasteiger charge is -2.21. The minimum Gasteiger partial charge on any atom is -0.383 e. The Bertz CT molecular complexity index is 327. The van der Waals surface area contributed by atoms with E-state index in [1.165, 1.54) is 11.0 Å². The van der Waals surface area contributed by atoms with Crippen LogP contribution in [0.1, 0.15) is 26.3 Å². The zero-order chi connectivity index (χ0) is 12.7. The van der Waals surface area contributed by atoms with Gasteiger partial charge in [-0.1, -0.05) is 20.3 Å². The zero-order valence-corrected chi connectivity index (χ0v) is 10.5. The predicted octanol–water partition coefficient (Wildman–Crippen LogP) is 0.0229. The van der Waals surface area contributed by atoms with Gasteiger partial charge in [-0.25, -0.2) is 4.68 Å². The van der Waals surface area contributed by atoms with Crippen molar-refractivity contribution < 1.29 is 9.53 Å². The molecule has 7 nitrogen and oxygen atoms in total. The van der Waals surface area contributed by atoms with Gasteiger partial charge in [-0.15, -0.1) is 5.10 Å². The number of amides is 1. The Morgan fingerprint density at radius 1 is 1.59 bits per heavy atom. The second-order valence-corrected chi connectivity index (χ2v) is 3.90. The number of aromatic nitrogens is 4. The summed E-state index contributed by atoms with van der Waals surface area (Å²) in [6, 6.07) is -0.369. The van der Waals surface area contributed by atoms with Crippen LogP contribution >= 0.6 is 0 Å². The summed E-state index contributed by atoms with van der Waals surface area (Å²) in [5.74, 6) is 0.0877. The first-order chi connectivity index (χ1) is 8.20. The van der Waals surface area contributed by atoms with Gasteiger partial charge in [-0.2, -0.15) is 0 Å². The zero-order valence-electron chi connectivity index (χ0n) is 10.5. The van der Waals surface area contributed by atoms with Crippen LogP contribution in [0.4, 0.5) is 0 Å². The highest BCUT2D eigenvalue weighted by Gasteiger charge is 2.26. The normalized spacial score (nSPS) is 14.3. The molecule has 0 radical (unpaired) electrons. The standard InChI is InChI=1S/C10H19N5O2/c1-4-8(2)9(15-7-12-13-14-15)10(16)11-5-6-17-3/h7-9H,4-6H2,1-3H3,(H,11,16)/t8-,9-/m0/s1. The van der Waals surface area contributed by atoms with Gasteiger partial charge in [-0.05, 0) is 16.3 Å². The van der Waals surface area contributed by atoms with Gasteiger partial charge < -0.3 is 10.1 Å². The van der Waals surface area contributed by atoms with Gasteiger partial charge in [0.2, 0.25) is 5.91 Å². The van der Waals surface area contributed by atoms with E-state index in [-0.39, 0.29) is 17.9 Å². The average molecular weight is 241 g/mol. The maximum absolute atomic E-state index is 12.0. The number of nitrogens with one attached hydrogen (secondary N) is 1. The summed E-state index contributed by atoms with van der Waals surface area (Å²) in [5.41, 5.74) is 0. The van der Waals surface area contributed by atoms with Crippen molar-refractivity contribution in [3.8, 4) is 0 Å². The number of carbonyl (C=O) groups excluding carboxylic acids is 1. The fourth-order valence-corrected chi connectivity index (χ4v) is 1.54. The largest absolute Gasteiger partial charge is 0.383 e. The van der Waals surface area contributed by atoms with Crippen molar-refractivity contribution in [3.05, 3.63) is 6.33 Å². The van der Waals surface area contributed by atoms with Crippen molar-refractivity contribution in [2.24, 2.45) is 5.92 Å². The van der Waals surface area contributed by atoms with E-state index < -0.39 is 0 Å². The van der Waals surface area contributed by atoms with E-state index in [1.54, 1.807) is 7.11 Å². The van der Waals surface area contributed by atoms with E-state index in [1.807, 2.05) is 13.8 Å². The third kappa shape index (κ3) is 3.77. The molecule has 0 aliphatic heterocycles. The third-order valence-electron chi connectivity index (χ3n) is 2.71. The summed E-state index contributed by atoms with van der Waals surface area (Å²) in [6.07, 6.45) is 2.34. The van der Waals surface area contributed by atoms with Gasteiger partial charge in [0.25, 0.3) is 0 Å². The van der Waals surface area contributed by atoms with E-state index in [0.29, 0.717) is 13.2 Å². The van der Waals surface area contributed by atoms with Crippen molar-refractivity contribution in [1.29, 1.82) is 0 Å². The second kappa shape index (κ2) is 6.95. The van der Waals surface area contributed by atoms with Crippen LogP contribution in [0.3, 0.4) is 0 Å². The lowest BCUT2D eigenvalue weighted by Crippen LogP contribution is -2.37. The van der Waals surface area contributed by atoms with Gasteiger partial charge >= 0.3 is 0 Å². The Morgan fingerprint density at radius 3 is 2.88 bits per heavy atom. The Hall–Kier alpha value is -1.50. The molecule has 17 heavy (non-hydrogen) atoms. The molecule has 0 spiro atoms. The molecule has 7 heteroatoms. The van der Waals surface area contributed by atoms with Crippen LogP contribution in [0.25, 0.3) is 0 Å². The summed E-state index contributed by atoms with van der Waals surface area (Å²) in [7, 11) is 1.60. The number of nitrogens with zero attached hydrogens (tertiary/aromatic N) is 4. The maximum atomic E-state index is 12.0. The molecule has 1 rings (SSSR count). The molecular weight excluding hydrogens is 222 g/mol. The minimum atomic E-state index is -0.369. The number of hydrogen-bond acceptors (Lipinski definition) is 5. The average Bonchev–Trinajstić information content (AvgIpc) is 2.83. The summed E-state index contributed by atoms with van der Waals surface area (Å²) >= 11 is 0. The second-order valence-electron chi connectivity index (χ2n) is 3.90. The molecule has 0 aromatic carbocycles. The Balaban J connectivity index is 2.67. The molecule has 0 unspecified atom stereocenters. The van der Waals surface area contributed by atoms with Crippen LogP contribution in [0, 0.1) is 5.92 Å². The topological polar surface area (TPSA) is 81.9 Å². The van der Waals surface area contributed by atoms with Crippen molar-refractivity contribution in [2.75, 3.05) is 20.3 Å². The Morgan fingerprint density at radius 2 is 2.35 bits per heavy atom. The van der Waals surface area contributed by atoms with Gasteiger partial charge in [0, 0.05) is 13.7 Å². The first-order valence-corrected chi connectivity index (χ1v) is 5.69. The van der Waals surface area contributed by atoms with Crippen LogP contribution < -0.4 is 5.32 Å². The molecule has 0 saturated carbocycles. The molecule has 0 bridgehead atoms. The molecule has 0 fully saturated rings. The van der Waals surface area contributed by atoms with Crippen LogP contribution in [0.5, 0.6) is 0 Å². The molecule has 96 valence electrons. The highest BCUT2D eigenvalue weighted by molar-refractivity contribution is 5.80. The molecule has 1 N–H and O–H groups in total. The molecule has 0 aliphatic carbocycles. The Labute approximate surface area is 101 Å². The summed E-state index contributed by atoms with van der Waals surface area (Å²) < 4.78 is 6.38. The maximum Gasteiger partial charge on any atom is 0.245 e.